The van der Waals surface area contributed by atoms with Gasteiger partial charge < -0.3 is 20.1 Å². The lowest BCUT2D eigenvalue weighted by atomic mass is 10.2. The fourth-order valence-corrected chi connectivity index (χ4v) is 1.23. The molecule has 2 amide bonds. The normalized spacial score (nSPS) is 9.45. The van der Waals surface area contributed by atoms with Crippen molar-refractivity contribution >= 4 is 18.0 Å². The van der Waals surface area contributed by atoms with Gasteiger partial charge in [-0.2, -0.15) is 0 Å². The first-order valence-corrected chi connectivity index (χ1v) is 5.90. The minimum Gasteiger partial charge on any atom is -0.468 e. The number of methoxy groups -OCH3 is 1. The second-order valence-corrected chi connectivity index (χ2v) is 3.77. The van der Waals surface area contributed by atoms with E-state index in [9.17, 15) is 14.4 Å². The molecule has 0 aliphatic rings. The van der Waals surface area contributed by atoms with Crippen molar-refractivity contribution in [3.63, 3.8) is 0 Å². The number of nitrogens with one attached hydrogen (secondary N) is 2. The molecule has 0 aliphatic heterocycles. The molecule has 0 unspecified atom stereocenters. The summed E-state index contributed by atoms with van der Waals surface area (Å²) in [6, 6.07) is 9.15. The summed E-state index contributed by atoms with van der Waals surface area (Å²) in [6.45, 7) is -0.392. The predicted molar refractivity (Wildman–Crippen MR) is 69.7 cm³/mol. The van der Waals surface area contributed by atoms with E-state index >= 15 is 0 Å². The number of amides is 2. The molecule has 7 heteroatoms. The van der Waals surface area contributed by atoms with Crippen LogP contribution < -0.4 is 10.6 Å². The van der Waals surface area contributed by atoms with Crippen LogP contribution in [0.2, 0.25) is 0 Å². The predicted octanol–water partition coefficient (Wildman–Crippen LogP) is 0.202. The number of benzene rings is 1. The number of alkyl carbamates (subject to hydrolysis) is 1. The van der Waals surface area contributed by atoms with Crippen LogP contribution in [0.25, 0.3) is 0 Å². The van der Waals surface area contributed by atoms with E-state index in [1.807, 2.05) is 30.3 Å². The van der Waals surface area contributed by atoms with Crippen LogP contribution in [0.15, 0.2) is 30.3 Å². The van der Waals surface area contributed by atoms with E-state index < -0.39 is 18.0 Å². The molecule has 1 aromatic rings. The number of hydrogen-bond donors (Lipinski definition) is 2. The highest BCUT2D eigenvalue weighted by Crippen LogP contribution is 2.00. The van der Waals surface area contributed by atoms with Crippen LogP contribution in [0.5, 0.6) is 0 Å². The van der Waals surface area contributed by atoms with E-state index in [-0.39, 0.29) is 19.7 Å². The van der Waals surface area contributed by atoms with E-state index in [1.54, 1.807) is 0 Å². The van der Waals surface area contributed by atoms with Gasteiger partial charge >= 0.3 is 12.1 Å². The van der Waals surface area contributed by atoms with Crippen LogP contribution in [-0.2, 0) is 25.7 Å². The summed E-state index contributed by atoms with van der Waals surface area (Å²) < 4.78 is 9.25. The van der Waals surface area contributed by atoms with Gasteiger partial charge in [0, 0.05) is 0 Å². The maximum Gasteiger partial charge on any atom is 0.407 e. The van der Waals surface area contributed by atoms with Gasteiger partial charge in [-0.15, -0.1) is 0 Å². The number of rotatable bonds is 6. The maximum absolute atomic E-state index is 11.3. The maximum atomic E-state index is 11.3. The average Bonchev–Trinajstić information content (AvgIpc) is 2.49. The van der Waals surface area contributed by atoms with Gasteiger partial charge in [0.2, 0.25) is 5.91 Å². The van der Waals surface area contributed by atoms with Crippen LogP contribution in [0.1, 0.15) is 5.56 Å². The van der Waals surface area contributed by atoms with E-state index in [0.29, 0.717) is 0 Å². The second kappa shape index (κ2) is 8.52. The van der Waals surface area contributed by atoms with Crippen molar-refractivity contribution in [1.82, 2.24) is 10.6 Å². The third kappa shape index (κ3) is 6.39. The van der Waals surface area contributed by atoms with Crippen LogP contribution >= 0.6 is 0 Å². The van der Waals surface area contributed by atoms with E-state index in [1.165, 1.54) is 7.11 Å². The summed E-state index contributed by atoms with van der Waals surface area (Å²) in [5.74, 6) is -1.07. The molecule has 7 nitrogen and oxygen atoms in total. The number of carbonyl (C=O) groups excluding carboxylic acids is 3. The topological polar surface area (TPSA) is 93.7 Å². The monoisotopic (exact) mass is 280 g/mol. The lowest BCUT2D eigenvalue weighted by Crippen LogP contribution is -2.39. The first kappa shape index (κ1) is 15.5. The molecule has 2 N–H and O–H groups in total. The summed E-state index contributed by atoms with van der Waals surface area (Å²) in [4.78, 5) is 33.3. The Kier molecular flexibility index (Phi) is 6.60. The van der Waals surface area contributed by atoms with E-state index in [0.717, 1.165) is 5.56 Å². The third-order valence-electron chi connectivity index (χ3n) is 2.26. The Labute approximate surface area is 116 Å². The molecule has 0 saturated heterocycles. The molecule has 0 saturated carbocycles. The van der Waals surface area contributed by atoms with Crippen molar-refractivity contribution in [2.75, 3.05) is 20.2 Å². The van der Waals surface area contributed by atoms with Gasteiger partial charge in [0.05, 0.1) is 7.11 Å². The largest absolute Gasteiger partial charge is 0.468 e. The standard InChI is InChI=1S/C13H16N2O5/c1-19-12(17)8-14-11(16)7-15-13(18)20-9-10-5-3-2-4-6-10/h2-6H,7-9H2,1H3,(H,14,16)(H,15,18). The smallest absolute Gasteiger partial charge is 0.407 e. The van der Waals surface area contributed by atoms with Crippen molar-refractivity contribution in [3.05, 3.63) is 35.9 Å². The van der Waals surface area contributed by atoms with Crippen LogP contribution in [0.3, 0.4) is 0 Å². The molecule has 0 aromatic heterocycles. The molecule has 1 rings (SSSR count). The number of esters is 1. The zero-order valence-electron chi connectivity index (χ0n) is 11.0. The van der Waals surface area contributed by atoms with Crippen molar-refractivity contribution in [1.29, 1.82) is 0 Å². The van der Waals surface area contributed by atoms with Crippen molar-refractivity contribution in [2.45, 2.75) is 6.61 Å². The Morgan fingerprint density at radius 3 is 2.40 bits per heavy atom. The Bertz CT molecular complexity index is 461. The SMILES string of the molecule is COC(=O)CNC(=O)CNC(=O)OCc1ccccc1. The molecule has 0 heterocycles. The van der Waals surface area contributed by atoms with Crippen LogP contribution in [-0.4, -0.2) is 38.2 Å². The summed E-state index contributed by atoms with van der Waals surface area (Å²) in [6.07, 6.45) is -0.706. The van der Waals surface area contributed by atoms with E-state index in [2.05, 4.69) is 15.4 Å². The average molecular weight is 280 g/mol. The Morgan fingerprint density at radius 1 is 1.05 bits per heavy atom. The van der Waals surface area contributed by atoms with Crippen LogP contribution in [0.4, 0.5) is 4.79 Å². The summed E-state index contributed by atoms with van der Waals surface area (Å²) in [7, 11) is 1.22. The highest BCUT2D eigenvalue weighted by atomic mass is 16.5. The summed E-state index contributed by atoms with van der Waals surface area (Å²) in [5.41, 5.74) is 0.845. The van der Waals surface area contributed by atoms with Crippen molar-refractivity contribution in [3.8, 4) is 0 Å². The first-order chi connectivity index (χ1) is 9.61. The van der Waals surface area contributed by atoms with Crippen LogP contribution in [0, 0.1) is 0 Å². The molecular weight excluding hydrogens is 264 g/mol. The third-order valence-corrected chi connectivity index (χ3v) is 2.26. The number of ether oxygens (including phenoxy) is 2. The Balaban J connectivity index is 2.16. The molecule has 0 bridgehead atoms. The van der Waals surface area contributed by atoms with Crippen molar-refractivity contribution < 1.29 is 23.9 Å². The number of carbonyl (C=O) groups is 3. The minimum absolute atomic E-state index is 0.121. The highest BCUT2D eigenvalue weighted by Gasteiger charge is 2.08. The quantitative estimate of drug-likeness (QED) is 0.726. The second-order valence-electron chi connectivity index (χ2n) is 3.77. The Hall–Kier alpha value is -2.57. The van der Waals surface area contributed by atoms with Gasteiger partial charge in [-0.05, 0) is 5.56 Å². The molecule has 0 radical (unpaired) electrons. The molecule has 0 aliphatic carbocycles. The van der Waals surface area contributed by atoms with Crippen molar-refractivity contribution in [2.24, 2.45) is 0 Å². The molecule has 1 aromatic carbocycles. The fraction of sp³-hybridized carbons (Fsp3) is 0.308. The number of hydrogen-bond acceptors (Lipinski definition) is 5. The summed E-state index contributed by atoms with van der Waals surface area (Å²) in [5, 5.41) is 4.55. The minimum atomic E-state index is -0.706. The molecule has 20 heavy (non-hydrogen) atoms. The first-order valence-electron chi connectivity index (χ1n) is 5.90. The molecular formula is C13H16N2O5. The van der Waals surface area contributed by atoms with Gasteiger partial charge in [0.25, 0.3) is 0 Å². The zero-order valence-corrected chi connectivity index (χ0v) is 11.0. The lowest BCUT2D eigenvalue weighted by molar-refractivity contribution is -0.141. The van der Waals surface area contributed by atoms with Gasteiger partial charge in [-0.25, -0.2) is 4.79 Å². The van der Waals surface area contributed by atoms with Gasteiger partial charge in [-0.3, -0.25) is 9.59 Å². The van der Waals surface area contributed by atoms with Gasteiger partial charge in [0.15, 0.2) is 0 Å². The van der Waals surface area contributed by atoms with Gasteiger partial charge in [0.1, 0.15) is 19.7 Å². The Morgan fingerprint density at radius 2 is 1.75 bits per heavy atom. The molecule has 0 atom stereocenters. The fourth-order valence-electron chi connectivity index (χ4n) is 1.23. The zero-order chi connectivity index (χ0) is 14.8. The highest BCUT2D eigenvalue weighted by molar-refractivity contribution is 5.85. The lowest BCUT2D eigenvalue weighted by Gasteiger charge is -2.07. The molecule has 0 fully saturated rings. The molecule has 108 valence electrons. The summed E-state index contributed by atoms with van der Waals surface area (Å²) >= 11 is 0. The van der Waals surface area contributed by atoms with Gasteiger partial charge in [-0.1, -0.05) is 30.3 Å². The van der Waals surface area contributed by atoms with E-state index in [4.69, 9.17) is 4.74 Å². The molecule has 0 spiro atoms.